The Labute approximate surface area is 413 Å². The maximum absolute atomic E-state index is 13.7. The molecule has 4 aromatic heterocycles. The summed E-state index contributed by atoms with van der Waals surface area (Å²) < 4.78 is 23.3. The summed E-state index contributed by atoms with van der Waals surface area (Å²) >= 11 is 6.17. The largest absolute Gasteiger partial charge is 0.445 e. The van der Waals surface area contributed by atoms with Crippen LogP contribution in [0.25, 0.3) is 0 Å². The molecule has 0 unspecified atom stereocenters. The molecule has 0 saturated heterocycles. The zero-order chi connectivity index (χ0) is 47.4. The van der Waals surface area contributed by atoms with Crippen LogP contribution in [0.3, 0.4) is 0 Å². The molecule has 0 saturated carbocycles. The van der Waals surface area contributed by atoms with Gasteiger partial charge in [-0.2, -0.15) is 0 Å². The molecule has 0 amide bonds. The predicted octanol–water partition coefficient (Wildman–Crippen LogP) is 15.4. The summed E-state index contributed by atoms with van der Waals surface area (Å²) in [5.41, 5.74) is 6.38. The van der Waals surface area contributed by atoms with Gasteiger partial charge in [0.2, 0.25) is 34.9 Å². The van der Waals surface area contributed by atoms with E-state index in [2.05, 4.69) is 37.2 Å². The molecule has 11 nitrogen and oxygen atoms in total. The molecule has 0 aliphatic heterocycles. The van der Waals surface area contributed by atoms with Crippen molar-refractivity contribution >= 4 is 101 Å². The number of ketones is 4. The highest BCUT2D eigenvalue weighted by Crippen LogP contribution is 2.43. The van der Waals surface area contributed by atoms with Gasteiger partial charge >= 0.3 is 0 Å². The molecule has 0 atom stereocenters. The minimum Gasteiger partial charge on any atom is -0.445 e. The minimum atomic E-state index is -0.395. The van der Waals surface area contributed by atoms with E-state index >= 15 is 0 Å². The molecule has 12 rings (SSSR count). The van der Waals surface area contributed by atoms with Crippen LogP contribution >= 0.6 is 31.9 Å². The molecular weight excluding hydrogens is 1000 g/mol. The molecule has 0 spiro atoms. The van der Waals surface area contributed by atoms with Crippen molar-refractivity contribution in [1.29, 1.82) is 0 Å². The summed E-state index contributed by atoms with van der Waals surface area (Å²) in [4.78, 5) is 55.1. The highest BCUT2D eigenvalue weighted by molar-refractivity contribution is 9.10. The number of furan rings is 4. The van der Waals surface area contributed by atoms with E-state index in [-0.39, 0.29) is 58.3 Å². The summed E-state index contributed by atoms with van der Waals surface area (Å²) in [7, 11) is 0. The van der Waals surface area contributed by atoms with Gasteiger partial charge in [0.25, 0.3) is 0 Å². The average Bonchev–Trinajstić information content (AvgIpc) is 4.21. The van der Waals surface area contributed by atoms with E-state index in [0.29, 0.717) is 21.1 Å². The molecule has 0 bridgehead atoms. The van der Waals surface area contributed by atoms with Gasteiger partial charge in [-0.25, -0.2) is 0 Å². The van der Waals surface area contributed by atoms with Gasteiger partial charge in [0.15, 0.2) is 32.4 Å². The van der Waals surface area contributed by atoms with Crippen LogP contribution in [0.5, 0.6) is 0 Å². The number of para-hydroxylation sites is 6. The third kappa shape index (κ3) is 9.04. The first kappa shape index (κ1) is 44.3. The summed E-state index contributed by atoms with van der Waals surface area (Å²) in [6, 6.07) is 65.1. The lowest BCUT2D eigenvalue weighted by Gasteiger charge is -2.22. The van der Waals surface area contributed by atoms with Crippen molar-refractivity contribution in [3.63, 3.8) is 0 Å². The van der Waals surface area contributed by atoms with Gasteiger partial charge in [-0.05, 0) is 105 Å². The fourth-order valence-corrected chi connectivity index (χ4v) is 8.64. The van der Waals surface area contributed by atoms with Gasteiger partial charge in [0, 0.05) is 59.8 Å². The first-order chi connectivity index (χ1) is 33.7. The van der Waals surface area contributed by atoms with Crippen molar-refractivity contribution in [2.75, 3.05) is 15.1 Å². The van der Waals surface area contributed by atoms with Crippen molar-refractivity contribution in [3.05, 3.63) is 261 Å². The second-order valence-electron chi connectivity index (χ2n) is 15.4. The smallest absolute Gasteiger partial charge is 0.233 e. The number of hydrogen-bond donors (Lipinski definition) is 1. The van der Waals surface area contributed by atoms with Gasteiger partial charge in [-0.15, -0.1) is 0 Å². The lowest BCUT2D eigenvalue weighted by atomic mass is 9.95. The zero-order valence-corrected chi connectivity index (χ0v) is 39.2. The maximum atomic E-state index is 13.7. The van der Waals surface area contributed by atoms with E-state index < -0.39 is 11.6 Å². The Morgan fingerprint density at radius 1 is 0.333 bits per heavy atom. The molecule has 2 aliphatic rings. The molecule has 69 heavy (non-hydrogen) atoms. The number of carbonyl (C=O) groups excluding carboxylic acids is 4. The Hall–Kier alpha value is -8.52. The Kier molecular flexibility index (Phi) is 12.4. The van der Waals surface area contributed by atoms with Crippen LogP contribution in [0.2, 0.25) is 0 Å². The molecular formula is C56H37Br2N3O8. The summed E-state index contributed by atoms with van der Waals surface area (Å²) in [6.45, 7) is 0. The van der Waals surface area contributed by atoms with Crippen molar-refractivity contribution in [1.82, 2.24) is 0 Å². The summed E-state index contributed by atoms with van der Waals surface area (Å²) in [5, 5.41) is 3.30. The van der Waals surface area contributed by atoms with E-state index in [0.717, 1.165) is 34.1 Å². The van der Waals surface area contributed by atoms with Crippen LogP contribution in [0.4, 0.5) is 45.9 Å². The maximum Gasteiger partial charge on any atom is 0.233 e. The monoisotopic (exact) mass is 1040 g/mol. The topological polar surface area (TPSA) is 139 Å². The van der Waals surface area contributed by atoms with Crippen LogP contribution in [-0.2, 0) is 0 Å². The first-order valence-electron chi connectivity index (χ1n) is 21.4. The second-order valence-corrected chi connectivity index (χ2v) is 17.0. The predicted molar refractivity (Wildman–Crippen MR) is 272 cm³/mol. The van der Waals surface area contributed by atoms with Crippen molar-refractivity contribution < 1.29 is 38.3 Å². The Morgan fingerprint density at radius 3 is 0.870 bits per heavy atom. The van der Waals surface area contributed by atoms with Crippen LogP contribution in [-0.4, -0.2) is 23.1 Å². The highest BCUT2D eigenvalue weighted by Gasteiger charge is 2.40. The van der Waals surface area contributed by atoms with Gasteiger partial charge in [0.05, 0.1) is 22.3 Å². The first-order valence-corrected chi connectivity index (χ1v) is 23.0. The summed E-state index contributed by atoms with van der Waals surface area (Å²) in [6.07, 6.45) is 0. The van der Waals surface area contributed by atoms with E-state index in [1.165, 1.54) is 12.1 Å². The van der Waals surface area contributed by atoms with Crippen LogP contribution in [0, 0.1) is 0 Å². The second kappa shape index (κ2) is 19.4. The molecule has 6 aromatic carbocycles. The molecule has 0 radical (unpaired) electrons. The number of rotatable bonds is 8. The van der Waals surface area contributed by atoms with E-state index in [4.69, 9.17) is 17.7 Å². The number of carbonyl (C=O) groups is 4. The lowest BCUT2D eigenvalue weighted by molar-refractivity contribution is 0.0943. The van der Waals surface area contributed by atoms with E-state index in [9.17, 15) is 19.2 Å². The van der Waals surface area contributed by atoms with Crippen LogP contribution in [0.15, 0.2) is 233 Å². The molecule has 13 heteroatoms. The van der Waals surface area contributed by atoms with Gasteiger partial charge in [-0.1, -0.05) is 109 Å². The molecule has 0 fully saturated rings. The fourth-order valence-electron chi connectivity index (χ4n) is 7.86. The number of hydrogen-bond acceptors (Lipinski definition) is 11. The van der Waals surface area contributed by atoms with Gasteiger partial charge < -0.3 is 23.0 Å². The number of fused-ring (bicyclic) bond motifs is 4. The number of nitrogens with zero attached hydrogens (tertiary/aromatic N) is 2. The quantitative estimate of drug-likeness (QED) is 0.156. The number of nitrogens with one attached hydrogen (secondary N) is 1. The standard InChI is InChI=1S/C34H22N2O4.C12H11N.C10H2Br2O4.H2/c37-31-27-21-29(35(23-13-5-1-6-14-23)24-15-7-2-8-16-24)39-33(27)32(38)28-22-30(40-34(28)31)36(25-17-9-3-10-18-25)26-19-11-4-12-20-26;1-3-7-11(8-4-1)13-12-9-5-2-6-10-12;11-5-1-3-7(13)10-4(2-6(12)16-10)8(14)9(3)15-5;/h1-22H;1-10,13H;1-2H;1H/i;;;1+1. The lowest BCUT2D eigenvalue weighted by Crippen LogP contribution is -2.16. The van der Waals surface area contributed by atoms with Crippen LogP contribution in [0.1, 0.15) is 65.9 Å². The minimum absolute atomic E-state index is 0. The summed E-state index contributed by atoms with van der Waals surface area (Å²) in [5.74, 6) is -0.634. The molecule has 1 N–H and O–H groups in total. The third-order valence-electron chi connectivity index (χ3n) is 11.0. The number of halogens is 2. The Morgan fingerprint density at radius 2 is 0.580 bits per heavy atom. The molecule has 4 heterocycles. The normalized spacial score (nSPS) is 12.0. The molecule has 2 aliphatic carbocycles. The van der Waals surface area contributed by atoms with Crippen molar-refractivity contribution in [2.45, 2.75) is 0 Å². The highest BCUT2D eigenvalue weighted by atomic mass is 79.9. The van der Waals surface area contributed by atoms with Crippen molar-refractivity contribution in [3.8, 4) is 0 Å². The van der Waals surface area contributed by atoms with Crippen molar-refractivity contribution in [2.24, 2.45) is 0 Å². The van der Waals surface area contributed by atoms with Crippen LogP contribution < -0.4 is 15.1 Å². The fraction of sp³-hybridized carbons (Fsp3) is 0. The Balaban J connectivity index is 0.000000165. The SMILES string of the molecule is O=C1c2cc(Br)oc2C(=O)c2cc(Br)oc21.O=C1c2cc(N(c3ccccc3)c3ccccc3)oc2C(=O)c2cc(N(c3ccccc3)c3ccccc3)oc21.[2HH].c1ccc(Nc2ccccc2)cc1. The van der Waals surface area contributed by atoms with Gasteiger partial charge in [-0.3, -0.25) is 29.0 Å². The van der Waals surface area contributed by atoms with E-state index in [1.807, 2.05) is 192 Å². The zero-order valence-electron chi connectivity index (χ0n) is 36.0. The molecule has 10 aromatic rings. The third-order valence-corrected chi connectivity index (χ3v) is 11.8. The number of anilines is 8. The Bertz CT molecular complexity index is 3060. The number of benzene rings is 6. The van der Waals surface area contributed by atoms with Gasteiger partial charge in [0.1, 0.15) is 0 Å². The average molecular weight is 1040 g/mol. The van der Waals surface area contributed by atoms with E-state index in [1.54, 1.807) is 12.1 Å². The molecule has 338 valence electrons.